The molecule has 0 aliphatic carbocycles. The Hall–Kier alpha value is -3.97. The van der Waals surface area contributed by atoms with Crippen LogP contribution in [0.4, 0.5) is 0 Å². The van der Waals surface area contributed by atoms with Crippen molar-refractivity contribution in [2.75, 3.05) is 0 Å². The van der Waals surface area contributed by atoms with Crippen LogP contribution < -0.4 is 5.32 Å². The van der Waals surface area contributed by atoms with Gasteiger partial charge in [-0.3, -0.25) is 9.48 Å². The molecule has 0 fully saturated rings. The molecule has 7 nitrogen and oxygen atoms in total. The van der Waals surface area contributed by atoms with Crippen LogP contribution in [0.1, 0.15) is 21.6 Å². The highest BCUT2D eigenvalue weighted by Crippen LogP contribution is 2.20. The van der Waals surface area contributed by atoms with Crippen molar-refractivity contribution >= 4 is 28.4 Å². The molecule has 0 saturated heterocycles. The van der Waals surface area contributed by atoms with Crippen LogP contribution in [0.5, 0.6) is 0 Å². The van der Waals surface area contributed by atoms with E-state index in [-0.39, 0.29) is 5.91 Å². The third kappa shape index (κ3) is 4.10. The Labute approximate surface area is 189 Å². The first-order valence-corrected chi connectivity index (χ1v) is 10.5. The molecular formula is C24H19ClN6O. The van der Waals surface area contributed by atoms with Gasteiger partial charge in [0, 0.05) is 35.5 Å². The average Bonchev–Trinajstić information content (AvgIpc) is 3.48. The van der Waals surface area contributed by atoms with Crippen LogP contribution in [0.3, 0.4) is 0 Å². The van der Waals surface area contributed by atoms with Gasteiger partial charge < -0.3 is 5.32 Å². The highest BCUT2D eigenvalue weighted by molar-refractivity contribution is 6.30. The van der Waals surface area contributed by atoms with E-state index in [0.29, 0.717) is 23.8 Å². The number of halogens is 1. The fourth-order valence-corrected chi connectivity index (χ4v) is 3.63. The number of hydrogen-bond acceptors (Lipinski definition) is 4. The average molecular weight is 443 g/mol. The lowest BCUT2D eigenvalue weighted by Gasteiger charge is -2.05. The number of benzene rings is 2. The molecule has 3 aromatic heterocycles. The van der Waals surface area contributed by atoms with Gasteiger partial charge in [0.2, 0.25) is 0 Å². The molecule has 0 aliphatic rings. The number of carbonyl (C=O) groups is 1. The minimum Gasteiger partial charge on any atom is -0.346 e. The zero-order valence-corrected chi connectivity index (χ0v) is 17.8. The van der Waals surface area contributed by atoms with Gasteiger partial charge >= 0.3 is 0 Å². The van der Waals surface area contributed by atoms with E-state index < -0.39 is 0 Å². The monoisotopic (exact) mass is 442 g/mol. The van der Waals surface area contributed by atoms with Crippen LogP contribution in [0.15, 0.2) is 85.3 Å². The maximum atomic E-state index is 13.0. The fraction of sp³-hybridized carbons (Fsp3) is 0.0833. The summed E-state index contributed by atoms with van der Waals surface area (Å²) in [5.74, 6) is 0.490. The molecule has 0 atom stereocenters. The van der Waals surface area contributed by atoms with Gasteiger partial charge in [0.25, 0.3) is 5.91 Å². The zero-order chi connectivity index (χ0) is 21.9. The molecule has 2 aromatic carbocycles. The second kappa shape index (κ2) is 8.64. The summed E-state index contributed by atoms with van der Waals surface area (Å²) < 4.78 is 3.52. The number of fused-ring (bicyclic) bond motifs is 1. The van der Waals surface area contributed by atoms with Gasteiger partial charge in [0.05, 0.1) is 12.1 Å². The van der Waals surface area contributed by atoms with E-state index in [0.717, 1.165) is 27.8 Å². The Morgan fingerprint density at radius 2 is 1.78 bits per heavy atom. The fourth-order valence-electron chi connectivity index (χ4n) is 3.51. The standard InChI is InChI=1S/C24H19ClN6O/c25-19-9-6-17(7-10-19)16-31-21-5-2-1-4-20(21)23(29-31)24(32)27-15-18-8-11-22(26-14-18)30-13-3-12-28-30/h1-14H,15-16H2,(H,27,32). The predicted octanol–water partition coefficient (Wildman–Crippen LogP) is 4.25. The van der Waals surface area contributed by atoms with Crippen molar-refractivity contribution in [3.8, 4) is 5.82 Å². The van der Waals surface area contributed by atoms with E-state index in [1.165, 1.54) is 0 Å². The van der Waals surface area contributed by atoms with Crippen molar-refractivity contribution in [3.05, 3.63) is 107 Å². The minimum absolute atomic E-state index is 0.229. The molecule has 158 valence electrons. The van der Waals surface area contributed by atoms with Crippen molar-refractivity contribution in [1.29, 1.82) is 0 Å². The van der Waals surface area contributed by atoms with Crippen molar-refractivity contribution in [2.24, 2.45) is 0 Å². The predicted molar refractivity (Wildman–Crippen MR) is 123 cm³/mol. The van der Waals surface area contributed by atoms with Crippen LogP contribution in [0.2, 0.25) is 5.02 Å². The second-order valence-corrected chi connectivity index (χ2v) is 7.74. The molecule has 1 N–H and O–H groups in total. The Morgan fingerprint density at radius 1 is 0.969 bits per heavy atom. The molecule has 0 spiro atoms. The maximum absolute atomic E-state index is 13.0. The minimum atomic E-state index is -0.229. The van der Waals surface area contributed by atoms with Gasteiger partial charge in [0.1, 0.15) is 0 Å². The van der Waals surface area contributed by atoms with Crippen molar-refractivity contribution in [3.63, 3.8) is 0 Å². The highest BCUT2D eigenvalue weighted by atomic mass is 35.5. The zero-order valence-electron chi connectivity index (χ0n) is 17.0. The van der Waals surface area contributed by atoms with Gasteiger partial charge in [-0.2, -0.15) is 10.2 Å². The second-order valence-electron chi connectivity index (χ2n) is 7.31. The van der Waals surface area contributed by atoms with Crippen LogP contribution >= 0.6 is 11.6 Å². The molecule has 1 amide bonds. The topological polar surface area (TPSA) is 77.6 Å². The molecule has 5 aromatic rings. The van der Waals surface area contributed by atoms with Gasteiger partial charge in [-0.05, 0) is 41.5 Å². The lowest BCUT2D eigenvalue weighted by Crippen LogP contribution is -2.23. The number of rotatable bonds is 6. The molecule has 0 radical (unpaired) electrons. The van der Waals surface area contributed by atoms with Gasteiger partial charge in [-0.1, -0.05) is 48.0 Å². The summed E-state index contributed by atoms with van der Waals surface area (Å²) in [6.45, 7) is 0.896. The van der Waals surface area contributed by atoms with E-state index in [9.17, 15) is 4.79 Å². The smallest absolute Gasteiger partial charge is 0.272 e. The number of carbonyl (C=O) groups excluding carboxylic acids is 1. The molecule has 32 heavy (non-hydrogen) atoms. The SMILES string of the molecule is O=C(NCc1ccc(-n2cccn2)nc1)c1nn(Cc2ccc(Cl)cc2)c2ccccc12. The molecule has 0 unspecified atom stereocenters. The highest BCUT2D eigenvalue weighted by Gasteiger charge is 2.17. The van der Waals surface area contributed by atoms with Crippen LogP contribution in [0.25, 0.3) is 16.7 Å². The van der Waals surface area contributed by atoms with Crippen LogP contribution in [0, 0.1) is 0 Å². The Bertz CT molecular complexity index is 1360. The normalized spacial score (nSPS) is 11.0. The summed E-state index contributed by atoms with van der Waals surface area (Å²) in [5.41, 5.74) is 3.24. The molecule has 0 aliphatic heterocycles. The number of nitrogens with one attached hydrogen (secondary N) is 1. The number of amides is 1. The first kappa shape index (κ1) is 20.0. The Kier molecular flexibility index (Phi) is 5.39. The summed E-state index contributed by atoms with van der Waals surface area (Å²) in [6, 6.07) is 21.0. The maximum Gasteiger partial charge on any atom is 0.272 e. The Morgan fingerprint density at radius 3 is 2.53 bits per heavy atom. The number of aromatic nitrogens is 5. The number of para-hydroxylation sites is 1. The lowest BCUT2D eigenvalue weighted by molar-refractivity contribution is 0.0946. The van der Waals surface area contributed by atoms with E-state index in [4.69, 9.17) is 11.6 Å². The van der Waals surface area contributed by atoms with E-state index in [2.05, 4.69) is 20.5 Å². The number of pyridine rings is 1. The van der Waals surface area contributed by atoms with Crippen molar-refractivity contribution in [2.45, 2.75) is 13.1 Å². The van der Waals surface area contributed by atoms with E-state index in [1.54, 1.807) is 17.1 Å². The molecule has 0 bridgehead atoms. The largest absolute Gasteiger partial charge is 0.346 e. The molecule has 5 rings (SSSR count). The van der Waals surface area contributed by atoms with Gasteiger partial charge in [-0.15, -0.1) is 0 Å². The summed E-state index contributed by atoms with van der Waals surface area (Å²) in [5, 5.41) is 13.2. The lowest BCUT2D eigenvalue weighted by atomic mass is 10.2. The first-order valence-electron chi connectivity index (χ1n) is 10.1. The van der Waals surface area contributed by atoms with Crippen molar-refractivity contribution in [1.82, 2.24) is 29.9 Å². The van der Waals surface area contributed by atoms with E-state index in [1.807, 2.05) is 77.6 Å². The molecular weight excluding hydrogens is 424 g/mol. The van der Waals surface area contributed by atoms with Crippen molar-refractivity contribution < 1.29 is 4.79 Å². The third-order valence-corrected chi connectivity index (χ3v) is 5.37. The summed E-state index contributed by atoms with van der Waals surface area (Å²) in [6.07, 6.45) is 5.26. The van der Waals surface area contributed by atoms with Gasteiger partial charge in [-0.25, -0.2) is 9.67 Å². The number of nitrogens with zero attached hydrogens (tertiary/aromatic N) is 5. The van der Waals surface area contributed by atoms with Crippen LogP contribution in [-0.4, -0.2) is 30.5 Å². The molecule has 3 heterocycles. The summed E-state index contributed by atoms with van der Waals surface area (Å²) in [4.78, 5) is 17.4. The summed E-state index contributed by atoms with van der Waals surface area (Å²) >= 11 is 5.99. The molecule has 0 saturated carbocycles. The van der Waals surface area contributed by atoms with E-state index >= 15 is 0 Å². The quantitative estimate of drug-likeness (QED) is 0.426. The van der Waals surface area contributed by atoms with Crippen LogP contribution in [-0.2, 0) is 13.1 Å². The number of hydrogen-bond donors (Lipinski definition) is 1. The first-order chi connectivity index (χ1) is 15.7. The molecule has 8 heteroatoms. The Balaban J connectivity index is 1.33. The van der Waals surface area contributed by atoms with Gasteiger partial charge in [0.15, 0.2) is 11.5 Å². The third-order valence-electron chi connectivity index (χ3n) is 5.12. The summed E-state index contributed by atoms with van der Waals surface area (Å²) in [7, 11) is 0.